The summed E-state index contributed by atoms with van der Waals surface area (Å²) in [4.78, 5) is 4.28. The zero-order chi connectivity index (χ0) is 13.8. The van der Waals surface area contributed by atoms with E-state index in [1.54, 1.807) is 0 Å². The second-order valence-electron chi connectivity index (χ2n) is 5.80. The summed E-state index contributed by atoms with van der Waals surface area (Å²) in [5.41, 5.74) is 4.12. The molecule has 0 amide bonds. The van der Waals surface area contributed by atoms with Gasteiger partial charge in [-0.25, -0.2) is 0 Å². The molecule has 1 unspecified atom stereocenters. The molecule has 1 aliphatic carbocycles. The van der Waals surface area contributed by atoms with E-state index in [4.69, 9.17) is 0 Å². The lowest BCUT2D eigenvalue weighted by Crippen LogP contribution is -2.25. The second-order valence-corrected chi connectivity index (χ2v) is 5.80. The molecule has 1 aromatic carbocycles. The highest BCUT2D eigenvalue weighted by Crippen LogP contribution is 2.24. The molecule has 2 aromatic rings. The quantitative estimate of drug-likeness (QED) is 0.866. The molecule has 1 atom stereocenters. The first-order valence-electron chi connectivity index (χ1n) is 7.51. The summed E-state index contributed by atoms with van der Waals surface area (Å²) in [5, 5.41) is 3.67. The third-order valence-electron chi connectivity index (χ3n) is 4.12. The minimum atomic E-state index is 0.527. The van der Waals surface area contributed by atoms with Crippen LogP contribution in [0.15, 0.2) is 48.8 Å². The van der Waals surface area contributed by atoms with Crippen molar-refractivity contribution in [3.8, 4) is 0 Å². The molecule has 1 aromatic heterocycles. The first kappa shape index (κ1) is 13.3. The fourth-order valence-electron chi connectivity index (χ4n) is 2.61. The topological polar surface area (TPSA) is 24.9 Å². The van der Waals surface area contributed by atoms with Crippen LogP contribution in [-0.4, -0.2) is 17.6 Å². The molecule has 104 valence electrons. The maximum Gasteiger partial charge on any atom is 0.0302 e. The van der Waals surface area contributed by atoms with Crippen molar-refractivity contribution in [2.75, 3.05) is 6.54 Å². The minimum absolute atomic E-state index is 0.527. The summed E-state index contributed by atoms with van der Waals surface area (Å²) < 4.78 is 0. The third-order valence-corrected chi connectivity index (χ3v) is 4.12. The second kappa shape index (κ2) is 6.19. The number of aromatic nitrogens is 1. The van der Waals surface area contributed by atoms with Crippen LogP contribution in [-0.2, 0) is 6.42 Å². The summed E-state index contributed by atoms with van der Waals surface area (Å²) in [5.74, 6) is 0.527. The highest BCUT2D eigenvalue weighted by molar-refractivity contribution is 5.27. The number of aryl methyl sites for hydroxylation is 1. The molecular formula is C18H22N2. The summed E-state index contributed by atoms with van der Waals surface area (Å²) in [6.07, 6.45) is 7.63. The number of benzene rings is 1. The summed E-state index contributed by atoms with van der Waals surface area (Å²) in [7, 11) is 0. The maximum atomic E-state index is 4.28. The smallest absolute Gasteiger partial charge is 0.0302 e. The van der Waals surface area contributed by atoms with E-state index >= 15 is 0 Å². The van der Waals surface area contributed by atoms with Crippen LogP contribution in [0, 0.1) is 6.92 Å². The van der Waals surface area contributed by atoms with Gasteiger partial charge in [-0.1, -0.05) is 30.3 Å². The molecule has 1 heterocycles. The van der Waals surface area contributed by atoms with Crippen molar-refractivity contribution in [2.24, 2.45) is 0 Å². The average molecular weight is 266 g/mol. The Labute approximate surface area is 121 Å². The molecule has 3 rings (SSSR count). The van der Waals surface area contributed by atoms with Crippen LogP contribution in [0.25, 0.3) is 0 Å². The Bertz CT molecular complexity index is 546. The van der Waals surface area contributed by atoms with Crippen molar-refractivity contribution in [1.29, 1.82) is 0 Å². The van der Waals surface area contributed by atoms with Gasteiger partial charge in [0.2, 0.25) is 0 Å². The van der Waals surface area contributed by atoms with Crippen LogP contribution in [0.5, 0.6) is 0 Å². The van der Waals surface area contributed by atoms with E-state index in [0.717, 1.165) is 19.0 Å². The number of hydrogen-bond acceptors (Lipinski definition) is 2. The predicted octanol–water partition coefficient (Wildman–Crippen LogP) is 3.47. The fraction of sp³-hybridized carbons (Fsp3) is 0.389. The average Bonchev–Trinajstić information content (AvgIpc) is 3.30. The van der Waals surface area contributed by atoms with Gasteiger partial charge < -0.3 is 5.32 Å². The van der Waals surface area contributed by atoms with Gasteiger partial charge in [0.05, 0.1) is 0 Å². The zero-order valence-electron chi connectivity index (χ0n) is 12.0. The van der Waals surface area contributed by atoms with Gasteiger partial charge in [-0.05, 0) is 48.9 Å². The first-order valence-corrected chi connectivity index (χ1v) is 7.51. The van der Waals surface area contributed by atoms with Gasteiger partial charge in [-0.3, -0.25) is 4.98 Å². The summed E-state index contributed by atoms with van der Waals surface area (Å²) in [6, 6.07) is 13.7. The molecule has 1 aliphatic rings. The van der Waals surface area contributed by atoms with E-state index in [1.165, 1.54) is 29.5 Å². The van der Waals surface area contributed by atoms with Crippen molar-refractivity contribution in [2.45, 2.75) is 38.1 Å². The Balaban J connectivity index is 1.76. The van der Waals surface area contributed by atoms with E-state index in [9.17, 15) is 0 Å². The lowest BCUT2D eigenvalue weighted by atomic mass is 9.91. The van der Waals surface area contributed by atoms with Crippen molar-refractivity contribution >= 4 is 0 Å². The first-order chi connectivity index (χ1) is 9.83. The molecule has 1 saturated carbocycles. The predicted molar refractivity (Wildman–Crippen MR) is 82.9 cm³/mol. The molecule has 0 radical (unpaired) electrons. The molecule has 1 fully saturated rings. The molecule has 2 heteroatoms. The molecule has 0 aliphatic heterocycles. The number of rotatable bonds is 6. The Morgan fingerprint density at radius 3 is 2.70 bits per heavy atom. The maximum absolute atomic E-state index is 4.28. The Morgan fingerprint density at radius 1 is 1.20 bits per heavy atom. The van der Waals surface area contributed by atoms with Gasteiger partial charge in [0.25, 0.3) is 0 Å². The largest absolute Gasteiger partial charge is 0.313 e. The van der Waals surface area contributed by atoms with E-state index in [2.05, 4.69) is 53.6 Å². The Morgan fingerprint density at radius 2 is 2.00 bits per heavy atom. The van der Waals surface area contributed by atoms with E-state index in [-0.39, 0.29) is 0 Å². The van der Waals surface area contributed by atoms with E-state index in [0.29, 0.717) is 5.92 Å². The van der Waals surface area contributed by atoms with Gasteiger partial charge in [0.1, 0.15) is 0 Å². The standard InChI is InChI=1S/C18H22N2/c1-14-9-10-19-12-16(14)11-17(13-20-18-7-8-18)15-5-3-2-4-6-15/h2-6,9-10,12,17-18,20H,7-8,11,13H2,1H3. The summed E-state index contributed by atoms with van der Waals surface area (Å²) in [6.45, 7) is 3.23. The van der Waals surface area contributed by atoms with Crippen LogP contribution in [0.4, 0.5) is 0 Å². The van der Waals surface area contributed by atoms with Crippen LogP contribution < -0.4 is 5.32 Å². The SMILES string of the molecule is Cc1ccncc1CC(CNC1CC1)c1ccccc1. The minimum Gasteiger partial charge on any atom is -0.313 e. The monoisotopic (exact) mass is 266 g/mol. The highest BCUT2D eigenvalue weighted by atomic mass is 14.9. The molecule has 1 N–H and O–H groups in total. The molecule has 0 bridgehead atoms. The van der Waals surface area contributed by atoms with Crippen molar-refractivity contribution < 1.29 is 0 Å². The molecule has 0 saturated heterocycles. The van der Waals surface area contributed by atoms with Gasteiger partial charge >= 0.3 is 0 Å². The number of hydrogen-bond donors (Lipinski definition) is 1. The number of nitrogens with one attached hydrogen (secondary N) is 1. The number of nitrogens with zero attached hydrogens (tertiary/aromatic N) is 1. The molecule has 2 nitrogen and oxygen atoms in total. The van der Waals surface area contributed by atoms with Gasteiger partial charge in [0.15, 0.2) is 0 Å². The van der Waals surface area contributed by atoms with Crippen LogP contribution in [0.2, 0.25) is 0 Å². The number of pyridine rings is 1. The normalized spacial score (nSPS) is 16.1. The zero-order valence-corrected chi connectivity index (χ0v) is 12.0. The third kappa shape index (κ3) is 3.45. The van der Waals surface area contributed by atoms with Gasteiger partial charge in [-0.2, -0.15) is 0 Å². The summed E-state index contributed by atoms with van der Waals surface area (Å²) >= 11 is 0. The molecule has 20 heavy (non-hydrogen) atoms. The van der Waals surface area contributed by atoms with Gasteiger partial charge in [0, 0.05) is 30.9 Å². The fourth-order valence-corrected chi connectivity index (χ4v) is 2.61. The molecule has 0 spiro atoms. The van der Waals surface area contributed by atoms with Crippen molar-refractivity contribution in [3.63, 3.8) is 0 Å². The van der Waals surface area contributed by atoms with Gasteiger partial charge in [-0.15, -0.1) is 0 Å². The van der Waals surface area contributed by atoms with Crippen LogP contribution in [0.3, 0.4) is 0 Å². The lowest BCUT2D eigenvalue weighted by molar-refractivity contribution is 0.575. The Hall–Kier alpha value is -1.67. The Kier molecular flexibility index (Phi) is 4.12. The van der Waals surface area contributed by atoms with Crippen molar-refractivity contribution in [3.05, 3.63) is 65.5 Å². The van der Waals surface area contributed by atoms with E-state index in [1.807, 2.05) is 12.4 Å². The van der Waals surface area contributed by atoms with Crippen molar-refractivity contribution in [1.82, 2.24) is 10.3 Å². The molecular weight excluding hydrogens is 244 g/mol. The van der Waals surface area contributed by atoms with E-state index < -0.39 is 0 Å². The highest BCUT2D eigenvalue weighted by Gasteiger charge is 2.22. The van der Waals surface area contributed by atoms with Crippen LogP contribution in [0.1, 0.15) is 35.4 Å². The lowest BCUT2D eigenvalue weighted by Gasteiger charge is -2.19. The van der Waals surface area contributed by atoms with Crippen LogP contribution >= 0.6 is 0 Å².